The number of rotatable bonds is 9. The summed E-state index contributed by atoms with van der Waals surface area (Å²) in [7, 11) is 4.67. The quantitative estimate of drug-likeness (QED) is 0.229. The van der Waals surface area contributed by atoms with Crippen LogP contribution in [-0.2, 0) is 14.3 Å². The van der Waals surface area contributed by atoms with Gasteiger partial charge in [0.25, 0.3) is 5.91 Å². The summed E-state index contributed by atoms with van der Waals surface area (Å²) in [5, 5.41) is 7.53. The van der Waals surface area contributed by atoms with Crippen LogP contribution in [0.3, 0.4) is 0 Å². The molecule has 0 saturated carbocycles. The van der Waals surface area contributed by atoms with Crippen LogP contribution in [0.1, 0.15) is 28.8 Å². The topological polar surface area (TPSA) is 126 Å². The Morgan fingerprint density at radius 1 is 0.950 bits per heavy atom. The van der Waals surface area contributed by atoms with Gasteiger partial charge in [-0.05, 0) is 53.9 Å². The van der Waals surface area contributed by atoms with Gasteiger partial charge in [-0.15, -0.1) is 12.4 Å². The number of ether oxygens (including phenoxy) is 2. The monoisotopic (exact) mass is 564 g/mol. The maximum absolute atomic E-state index is 13.3. The second kappa shape index (κ2) is 13.1. The largest absolute Gasteiger partial charge is 0.491 e. The number of hydrogen-bond acceptors (Lipinski definition) is 6. The first-order chi connectivity index (χ1) is 18.7. The molecule has 0 radical (unpaired) electrons. The normalized spacial score (nSPS) is 16.2. The Morgan fingerprint density at radius 3 is 2.02 bits per heavy atom. The zero-order chi connectivity index (χ0) is 28.1. The van der Waals surface area contributed by atoms with Crippen molar-refractivity contribution in [2.24, 2.45) is 11.7 Å². The summed E-state index contributed by atoms with van der Waals surface area (Å²) in [6, 6.07) is 21.6. The number of benzene rings is 3. The van der Waals surface area contributed by atoms with Gasteiger partial charge in [0.1, 0.15) is 18.2 Å². The second-order valence-corrected chi connectivity index (χ2v) is 9.65. The minimum absolute atomic E-state index is 0. The third kappa shape index (κ3) is 6.79. The summed E-state index contributed by atoms with van der Waals surface area (Å²) in [6.07, 6.45) is 0.434. The molecule has 0 aromatic heterocycles. The van der Waals surface area contributed by atoms with E-state index in [9.17, 15) is 14.4 Å². The molecule has 1 fully saturated rings. The first-order valence-corrected chi connectivity index (χ1v) is 12.6. The van der Waals surface area contributed by atoms with E-state index in [0.29, 0.717) is 29.0 Å². The zero-order valence-corrected chi connectivity index (χ0v) is 23.4. The number of halogens is 1. The van der Waals surface area contributed by atoms with E-state index >= 15 is 0 Å². The number of esters is 1. The average molecular weight is 565 g/mol. The van der Waals surface area contributed by atoms with Gasteiger partial charge in [0, 0.05) is 30.9 Å². The van der Waals surface area contributed by atoms with Crippen LogP contribution in [0.4, 0.5) is 5.69 Å². The number of hydrogen-bond donors (Lipinski definition) is 2. The molecule has 2 atom stereocenters. The number of methoxy groups -OCH3 is 1. The van der Waals surface area contributed by atoms with E-state index in [1.165, 1.54) is 12.0 Å². The Balaban J connectivity index is 0.00000441. The molecule has 3 N–H and O–H groups in total. The summed E-state index contributed by atoms with van der Waals surface area (Å²) in [5.74, 6) is -0.587. The van der Waals surface area contributed by atoms with Crippen LogP contribution in [0.2, 0.25) is 0 Å². The molecule has 210 valence electrons. The maximum Gasteiger partial charge on any atom is 0.306 e. The first kappa shape index (κ1) is 30.2. The molecule has 1 heterocycles. The van der Waals surface area contributed by atoms with Crippen molar-refractivity contribution in [2.75, 3.05) is 32.7 Å². The molecule has 0 unspecified atom stereocenters. The van der Waals surface area contributed by atoms with Crippen LogP contribution in [0.5, 0.6) is 5.75 Å². The highest BCUT2D eigenvalue weighted by atomic mass is 35.5. The average Bonchev–Trinajstić information content (AvgIpc) is 3.26. The molecule has 1 saturated heterocycles. The van der Waals surface area contributed by atoms with Gasteiger partial charge < -0.3 is 25.0 Å². The zero-order valence-electron chi connectivity index (χ0n) is 22.6. The van der Waals surface area contributed by atoms with Crippen LogP contribution in [0.25, 0.3) is 11.1 Å². The molecule has 2 amide bonds. The van der Waals surface area contributed by atoms with E-state index in [-0.39, 0.29) is 49.1 Å². The highest BCUT2D eigenvalue weighted by molar-refractivity contribution is 6.00. The second-order valence-electron chi connectivity index (χ2n) is 9.65. The van der Waals surface area contributed by atoms with Crippen LogP contribution in [0.15, 0.2) is 72.8 Å². The van der Waals surface area contributed by atoms with Gasteiger partial charge in [0.2, 0.25) is 5.91 Å². The van der Waals surface area contributed by atoms with Crippen LogP contribution in [0, 0.1) is 11.3 Å². The summed E-state index contributed by atoms with van der Waals surface area (Å²) in [5.41, 5.74) is 9.33. The van der Waals surface area contributed by atoms with Crippen molar-refractivity contribution in [2.45, 2.75) is 18.9 Å². The fourth-order valence-corrected chi connectivity index (χ4v) is 4.65. The van der Waals surface area contributed by atoms with Crippen LogP contribution < -0.4 is 15.4 Å². The van der Waals surface area contributed by atoms with Crippen molar-refractivity contribution < 1.29 is 23.9 Å². The number of nitrogens with one attached hydrogen (secondary N) is 1. The molecule has 9 nitrogen and oxygen atoms in total. The highest BCUT2D eigenvalue weighted by Gasteiger charge is 2.41. The van der Waals surface area contributed by atoms with Gasteiger partial charge in [-0.1, -0.05) is 36.4 Å². The van der Waals surface area contributed by atoms with E-state index in [1.54, 1.807) is 43.3 Å². The van der Waals surface area contributed by atoms with Crippen molar-refractivity contribution >= 4 is 41.7 Å². The molecule has 0 bridgehead atoms. The molecule has 4 rings (SSSR count). The number of carbonyl (C=O) groups is 3. The fraction of sp³-hybridized carbons (Fsp3) is 0.267. The molecule has 1 aliphatic heterocycles. The van der Waals surface area contributed by atoms with Gasteiger partial charge in [-0.2, -0.15) is 0 Å². The molecule has 40 heavy (non-hydrogen) atoms. The Morgan fingerprint density at radius 2 is 1.50 bits per heavy atom. The minimum Gasteiger partial charge on any atom is -0.491 e. The SMILES string of the molecule is COC(=O)C[C@@H]1C[C@@H](COc2ccc(-c3ccc(C(=N)N)cc3)cc2)N(c2ccc(C(=O)N(C)C)cc2)C1=O.Cl. The van der Waals surface area contributed by atoms with Crippen molar-refractivity contribution in [3.8, 4) is 16.9 Å². The van der Waals surface area contributed by atoms with E-state index in [1.807, 2.05) is 48.5 Å². The summed E-state index contributed by atoms with van der Waals surface area (Å²) < 4.78 is 10.9. The summed E-state index contributed by atoms with van der Waals surface area (Å²) in [4.78, 5) is 40.7. The molecule has 1 aliphatic rings. The molecule has 3 aromatic rings. The van der Waals surface area contributed by atoms with Crippen LogP contribution in [-0.4, -0.2) is 62.4 Å². The molecule has 0 aliphatic carbocycles. The number of amidine groups is 1. The maximum atomic E-state index is 13.3. The number of nitrogens with zero attached hydrogens (tertiary/aromatic N) is 2. The Kier molecular flexibility index (Phi) is 9.90. The summed E-state index contributed by atoms with van der Waals surface area (Å²) in [6.45, 7) is 0.231. The van der Waals surface area contributed by atoms with E-state index < -0.39 is 11.9 Å². The standard InChI is InChI=1S/C30H32N4O5.ClH/c1-33(2)29(36)22-8-12-24(13-9-22)34-25(16-23(30(34)37)17-27(35)38-3)18-39-26-14-10-20(11-15-26)19-4-6-21(7-5-19)28(31)32;/h4-15,23,25H,16-18H2,1-3H3,(H3,31,32);1H/t23-,25-;/m0./s1. The Bertz CT molecular complexity index is 1360. The lowest BCUT2D eigenvalue weighted by Crippen LogP contribution is -2.37. The van der Waals surface area contributed by atoms with Gasteiger partial charge in [0.15, 0.2) is 0 Å². The van der Waals surface area contributed by atoms with Crippen molar-refractivity contribution in [3.05, 3.63) is 83.9 Å². The van der Waals surface area contributed by atoms with E-state index in [4.69, 9.17) is 20.6 Å². The lowest BCUT2D eigenvalue weighted by Gasteiger charge is -2.25. The van der Waals surface area contributed by atoms with E-state index in [2.05, 4.69) is 0 Å². The molecule has 3 aromatic carbocycles. The summed E-state index contributed by atoms with van der Waals surface area (Å²) >= 11 is 0. The van der Waals surface area contributed by atoms with Crippen molar-refractivity contribution in [1.82, 2.24) is 4.90 Å². The molecular weight excluding hydrogens is 532 g/mol. The Labute approximate surface area is 239 Å². The van der Waals surface area contributed by atoms with Crippen molar-refractivity contribution in [1.29, 1.82) is 5.41 Å². The van der Waals surface area contributed by atoms with Crippen LogP contribution >= 0.6 is 12.4 Å². The van der Waals surface area contributed by atoms with Gasteiger partial charge >= 0.3 is 5.97 Å². The lowest BCUT2D eigenvalue weighted by molar-refractivity contribution is -0.143. The number of carbonyl (C=O) groups excluding carboxylic acids is 3. The lowest BCUT2D eigenvalue weighted by atomic mass is 10.0. The number of nitrogens with two attached hydrogens (primary N) is 1. The minimum atomic E-state index is -0.519. The predicted octanol–water partition coefficient (Wildman–Crippen LogP) is 4.12. The number of anilines is 1. The third-order valence-corrected chi connectivity index (χ3v) is 6.77. The molecular formula is C30H33ClN4O5. The number of amides is 2. The smallest absolute Gasteiger partial charge is 0.306 e. The van der Waals surface area contributed by atoms with Crippen molar-refractivity contribution in [3.63, 3.8) is 0 Å². The third-order valence-electron chi connectivity index (χ3n) is 6.77. The first-order valence-electron chi connectivity index (χ1n) is 12.6. The highest BCUT2D eigenvalue weighted by Crippen LogP contribution is 2.33. The van der Waals surface area contributed by atoms with Gasteiger partial charge in [-0.25, -0.2) is 0 Å². The molecule has 0 spiro atoms. The predicted molar refractivity (Wildman–Crippen MR) is 156 cm³/mol. The van der Waals surface area contributed by atoms with E-state index in [0.717, 1.165) is 11.1 Å². The Hall–Kier alpha value is -4.37. The van der Waals surface area contributed by atoms with Gasteiger partial charge in [-0.3, -0.25) is 19.8 Å². The molecule has 10 heteroatoms. The fourth-order valence-electron chi connectivity index (χ4n) is 4.65. The van der Waals surface area contributed by atoms with Gasteiger partial charge in [0.05, 0.1) is 25.5 Å². The number of nitrogen functional groups attached to an aromatic ring is 1.